The van der Waals surface area contributed by atoms with Crippen molar-refractivity contribution in [3.8, 4) is 0 Å². The van der Waals surface area contributed by atoms with Gasteiger partial charge in [-0.1, -0.05) is 5.11 Å². The Labute approximate surface area is 98.5 Å². The summed E-state index contributed by atoms with van der Waals surface area (Å²) in [5.74, 6) is 0. The fraction of sp³-hybridized carbons (Fsp3) is 0.500. The van der Waals surface area contributed by atoms with Gasteiger partial charge in [-0.15, -0.1) is 0 Å². The zero-order valence-corrected chi connectivity index (χ0v) is 9.48. The van der Waals surface area contributed by atoms with Gasteiger partial charge in [0.1, 0.15) is 6.10 Å². The van der Waals surface area contributed by atoms with Crippen LogP contribution in [-0.2, 0) is 0 Å². The first-order valence-electron chi connectivity index (χ1n) is 5.16. The number of pyridine rings is 1. The van der Waals surface area contributed by atoms with Crippen molar-refractivity contribution in [1.29, 1.82) is 0 Å². The SMILES string of the molecule is Cc1nc(C(O)C(O)CCN=[N+]=[N-])ccc1N. The summed E-state index contributed by atoms with van der Waals surface area (Å²) in [6, 6.07) is 3.19. The Kier molecular flexibility index (Phi) is 4.71. The Morgan fingerprint density at radius 1 is 1.53 bits per heavy atom. The molecule has 0 radical (unpaired) electrons. The Bertz CT molecular complexity index is 431. The molecule has 0 saturated heterocycles. The van der Waals surface area contributed by atoms with Gasteiger partial charge in [-0.2, -0.15) is 0 Å². The van der Waals surface area contributed by atoms with Gasteiger partial charge < -0.3 is 15.9 Å². The number of anilines is 1. The molecule has 7 heteroatoms. The summed E-state index contributed by atoms with van der Waals surface area (Å²) >= 11 is 0. The van der Waals surface area contributed by atoms with Crippen LogP contribution in [0.2, 0.25) is 0 Å². The average molecular weight is 237 g/mol. The monoisotopic (exact) mass is 237 g/mol. The molecule has 1 heterocycles. The Morgan fingerprint density at radius 3 is 2.82 bits per heavy atom. The molecular formula is C10H15N5O2. The van der Waals surface area contributed by atoms with E-state index in [0.29, 0.717) is 17.1 Å². The fourth-order valence-corrected chi connectivity index (χ4v) is 1.35. The summed E-state index contributed by atoms with van der Waals surface area (Å²) in [5.41, 5.74) is 15.2. The van der Waals surface area contributed by atoms with Crippen molar-refractivity contribution >= 4 is 5.69 Å². The largest absolute Gasteiger partial charge is 0.397 e. The minimum absolute atomic E-state index is 0.128. The van der Waals surface area contributed by atoms with E-state index in [1.165, 1.54) is 0 Å². The molecule has 0 bridgehead atoms. The number of nitrogens with two attached hydrogens (primary N) is 1. The number of nitrogen functional groups attached to an aromatic ring is 1. The number of azide groups is 1. The van der Waals surface area contributed by atoms with Crippen molar-refractivity contribution in [3.63, 3.8) is 0 Å². The predicted molar refractivity (Wildman–Crippen MR) is 63.0 cm³/mol. The van der Waals surface area contributed by atoms with Gasteiger partial charge in [0.05, 0.1) is 23.2 Å². The third-order valence-electron chi connectivity index (χ3n) is 2.40. The van der Waals surface area contributed by atoms with Crippen LogP contribution >= 0.6 is 0 Å². The summed E-state index contributed by atoms with van der Waals surface area (Å²) in [4.78, 5) is 6.65. The van der Waals surface area contributed by atoms with Gasteiger partial charge in [0, 0.05) is 11.5 Å². The highest BCUT2D eigenvalue weighted by atomic mass is 16.3. The van der Waals surface area contributed by atoms with E-state index >= 15 is 0 Å². The van der Waals surface area contributed by atoms with Crippen LogP contribution in [0.25, 0.3) is 10.4 Å². The summed E-state index contributed by atoms with van der Waals surface area (Å²) in [5, 5.41) is 22.8. The predicted octanol–water partition coefficient (Wildman–Crippen LogP) is 1.07. The molecule has 2 unspecified atom stereocenters. The molecule has 92 valence electrons. The van der Waals surface area contributed by atoms with Crippen molar-refractivity contribution in [2.75, 3.05) is 12.3 Å². The first kappa shape index (κ1) is 13.2. The molecule has 17 heavy (non-hydrogen) atoms. The molecule has 0 amide bonds. The van der Waals surface area contributed by atoms with Crippen LogP contribution < -0.4 is 5.73 Å². The zero-order valence-electron chi connectivity index (χ0n) is 9.48. The Morgan fingerprint density at radius 2 is 2.24 bits per heavy atom. The lowest BCUT2D eigenvalue weighted by Crippen LogP contribution is -2.20. The van der Waals surface area contributed by atoms with Crippen LogP contribution in [0.5, 0.6) is 0 Å². The smallest absolute Gasteiger partial charge is 0.122 e. The number of nitrogens with zero attached hydrogens (tertiary/aromatic N) is 4. The average Bonchev–Trinajstić information content (AvgIpc) is 2.32. The molecule has 1 rings (SSSR count). The Hall–Kier alpha value is -1.82. The van der Waals surface area contributed by atoms with Crippen molar-refractivity contribution in [1.82, 2.24) is 4.98 Å². The fourth-order valence-electron chi connectivity index (χ4n) is 1.35. The van der Waals surface area contributed by atoms with E-state index < -0.39 is 12.2 Å². The lowest BCUT2D eigenvalue weighted by molar-refractivity contribution is 0.0124. The summed E-state index contributed by atoms with van der Waals surface area (Å²) < 4.78 is 0. The maximum absolute atomic E-state index is 9.82. The topological polar surface area (TPSA) is 128 Å². The molecule has 1 aromatic heterocycles. The normalized spacial score (nSPS) is 13.8. The summed E-state index contributed by atoms with van der Waals surface area (Å²) in [7, 11) is 0. The molecule has 2 atom stereocenters. The molecule has 0 fully saturated rings. The van der Waals surface area contributed by atoms with Gasteiger partial charge in [0.15, 0.2) is 0 Å². The van der Waals surface area contributed by atoms with Crippen LogP contribution in [0.3, 0.4) is 0 Å². The minimum atomic E-state index is -1.11. The molecule has 0 aliphatic carbocycles. The van der Waals surface area contributed by atoms with E-state index in [2.05, 4.69) is 15.0 Å². The number of hydrogen-bond acceptors (Lipinski definition) is 5. The van der Waals surface area contributed by atoms with Gasteiger partial charge in [-0.25, -0.2) is 0 Å². The van der Waals surface area contributed by atoms with E-state index in [1.807, 2.05) is 0 Å². The highest BCUT2D eigenvalue weighted by Crippen LogP contribution is 2.19. The van der Waals surface area contributed by atoms with Crippen LogP contribution in [-0.4, -0.2) is 27.8 Å². The third-order valence-corrected chi connectivity index (χ3v) is 2.40. The molecule has 1 aromatic rings. The van der Waals surface area contributed by atoms with Crippen LogP contribution in [0.15, 0.2) is 17.2 Å². The quantitative estimate of drug-likeness (QED) is 0.402. The van der Waals surface area contributed by atoms with Crippen molar-refractivity contribution in [2.45, 2.75) is 25.6 Å². The van der Waals surface area contributed by atoms with Crippen molar-refractivity contribution < 1.29 is 10.2 Å². The van der Waals surface area contributed by atoms with Crippen LogP contribution in [0, 0.1) is 6.92 Å². The molecule has 0 spiro atoms. The second kappa shape index (κ2) is 6.05. The molecular weight excluding hydrogens is 222 g/mol. The molecule has 0 aliphatic rings. The third kappa shape index (κ3) is 3.60. The summed E-state index contributed by atoms with van der Waals surface area (Å²) in [6.07, 6.45) is -1.95. The van der Waals surface area contributed by atoms with E-state index in [4.69, 9.17) is 11.3 Å². The second-order valence-electron chi connectivity index (χ2n) is 3.67. The van der Waals surface area contributed by atoms with Crippen LogP contribution in [0.4, 0.5) is 5.69 Å². The Balaban J connectivity index is 2.70. The van der Waals surface area contributed by atoms with Gasteiger partial charge in [0.25, 0.3) is 0 Å². The molecule has 0 aliphatic heterocycles. The standard InChI is InChI=1S/C10H15N5O2/c1-6-7(11)2-3-8(14-6)10(17)9(16)4-5-13-15-12/h2-3,9-10,16-17H,4-5,11H2,1H3. The van der Waals surface area contributed by atoms with E-state index in [1.54, 1.807) is 19.1 Å². The maximum Gasteiger partial charge on any atom is 0.122 e. The molecule has 0 saturated carbocycles. The number of aryl methyl sites for hydroxylation is 1. The van der Waals surface area contributed by atoms with Gasteiger partial charge in [0.2, 0.25) is 0 Å². The minimum Gasteiger partial charge on any atom is -0.397 e. The molecule has 7 nitrogen and oxygen atoms in total. The first-order chi connectivity index (χ1) is 8.06. The zero-order chi connectivity index (χ0) is 12.8. The van der Waals surface area contributed by atoms with Gasteiger partial charge in [-0.3, -0.25) is 4.98 Å². The molecule has 4 N–H and O–H groups in total. The highest BCUT2D eigenvalue weighted by Gasteiger charge is 2.19. The lowest BCUT2D eigenvalue weighted by Gasteiger charge is -2.17. The highest BCUT2D eigenvalue weighted by molar-refractivity contribution is 5.42. The number of rotatable bonds is 5. The summed E-state index contributed by atoms with van der Waals surface area (Å²) in [6.45, 7) is 1.85. The van der Waals surface area contributed by atoms with E-state index in [0.717, 1.165) is 0 Å². The van der Waals surface area contributed by atoms with Gasteiger partial charge >= 0.3 is 0 Å². The van der Waals surface area contributed by atoms with Gasteiger partial charge in [-0.05, 0) is 31.0 Å². The second-order valence-corrected chi connectivity index (χ2v) is 3.67. The number of aliphatic hydroxyl groups excluding tert-OH is 2. The number of aliphatic hydroxyl groups is 2. The maximum atomic E-state index is 9.82. The first-order valence-corrected chi connectivity index (χ1v) is 5.16. The number of aromatic nitrogens is 1. The molecule has 0 aromatic carbocycles. The van der Waals surface area contributed by atoms with Crippen LogP contribution in [0.1, 0.15) is 23.9 Å². The van der Waals surface area contributed by atoms with E-state index in [9.17, 15) is 10.2 Å². The van der Waals surface area contributed by atoms with E-state index in [-0.39, 0.29) is 13.0 Å². The lowest BCUT2D eigenvalue weighted by atomic mass is 10.1. The van der Waals surface area contributed by atoms with Crippen molar-refractivity contribution in [3.05, 3.63) is 34.0 Å². The number of hydrogen-bond donors (Lipinski definition) is 3. The van der Waals surface area contributed by atoms with Crippen molar-refractivity contribution in [2.24, 2.45) is 5.11 Å².